The molecule has 0 aliphatic rings. The van der Waals surface area contributed by atoms with Crippen molar-refractivity contribution in [3.63, 3.8) is 0 Å². The molecule has 0 saturated heterocycles. The van der Waals surface area contributed by atoms with E-state index in [9.17, 15) is 19.1 Å². The second-order valence-electron chi connectivity index (χ2n) is 9.29. The lowest BCUT2D eigenvalue weighted by atomic mass is 9.81. The van der Waals surface area contributed by atoms with Crippen molar-refractivity contribution in [1.82, 2.24) is 9.97 Å². The number of allylic oxidation sites excluding steroid dienone is 2. The molecule has 9 heteroatoms. The molecule has 0 radical (unpaired) electrons. The smallest absolute Gasteiger partial charge is 0.309 e. The van der Waals surface area contributed by atoms with Crippen LogP contribution in [0.25, 0.3) is 5.57 Å². The zero-order chi connectivity index (χ0) is 26.7. The number of carboxylic acid groups (broad SMARTS) is 1. The van der Waals surface area contributed by atoms with Gasteiger partial charge in [-0.2, -0.15) is 0 Å². The highest BCUT2D eigenvalue weighted by Gasteiger charge is 2.37. The maximum atomic E-state index is 13.4. The van der Waals surface area contributed by atoms with Crippen molar-refractivity contribution in [2.45, 2.75) is 46.5 Å². The summed E-state index contributed by atoms with van der Waals surface area (Å²) >= 11 is 0. The van der Waals surface area contributed by atoms with Crippen LogP contribution < -0.4 is 11.5 Å². The highest BCUT2D eigenvalue weighted by Crippen LogP contribution is 2.36. The molecule has 5 N–H and O–H groups in total. The topological polar surface area (TPSA) is 141 Å². The van der Waals surface area contributed by atoms with Gasteiger partial charge in [0.25, 0.3) is 0 Å². The van der Waals surface area contributed by atoms with Gasteiger partial charge in [-0.1, -0.05) is 13.2 Å². The van der Waals surface area contributed by atoms with E-state index >= 15 is 0 Å². The number of nitrogens with two attached hydrogens (primary N) is 2. The van der Waals surface area contributed by atoms with Gasteiger partial charge in [0.05, 0.1) is 11.7 Å². The van der Waals surface area contributed by atoms with Crippen molar-refractivity contribution in [1.29, 1.82) is 0 Å². The molecule has 1 aromatic carbocycles. The van der Waals surface area contributed by atoms with Crippen molar-refractivity contribution in [3.8, 4) is 0 Å². The van der Waals surface area contributed by atoms with E-state index in [-0.39, 0.29) is 29.5 Å². The Bertz CT molecular complexity index is 1210. The summed E-state index contributed by atoms with van der Waals surface area (Å²) in [6.45, 7) is 16.0. The first-order chi connectivity index (χ1) is 16.1. The van der Waals surface area contributed by atoms with Crippen LogP contribution in [0.15, 0.2) is 49.0 Å². The van der Waals surface area contributed by atoms with E-state index in [1.807, 2.05) is 0 Å². The molecule has 186 valence electrons. The van der Waals surface area contributed by atoms with Crippen LogP contribution in [0.3, 0.4) is 0 Å². The van der Waals surface area contributed by atoms with Gasteiger partial charge in [-0.05, 0) is 64.8 Å². The van der Waals surface area contributed by atoms with Crippen LogP contribution in [0.2, 0.25) is 0 Å². The number of carbonyl (C=O) groups is 2. The Balaban J connectivity index is 2.39. The number of aryl methyl sites for hydroxylation is 1. The van der Waals surface area contributed by atoms with Crippen LogP contribution in [0.4, 0.5) is 15.9 Å². The fraction of sp³-hybridized carbons (Fsp3) is 0.308. The lowest BCUT2D eigenvalue weighted by Gasteiger charge is -2.28. The maximum absolute atomic E-state index is 13.4. The Labute approximate surface area is 204 Å². The van der Waals surface area contributed by atoms with Crippen molar-refractivity contribution in [2.24, 2.45) is 5.41 Å². The number of nitrogen functional groups attached to an aromatic ring is 2. The summed E-state index contributed by atoms with van der Waals surface area (Å²) in [4.78, 5) is 32.4. The Morgan fingerprint density at radius 1 is 1.23 bits per heavy atom. The fourth-order valence-corrected chi connectivity index (χ4v) is 3.67. The summed E-state index contributed by atoms with van der Waals surface area (Å²) in [6, 6.07) is 3.89. The molecule has 2 rings (SSSR count). The van der Waals surface area contributed by atoms with Crippen LogP contribution in [0.5, 0.6) is 0 Å². The molecule has 0 aliphatic heterocycles. The molecule has 0 amide bonds. The van der Waals surface area contributed by atoms with Crippen LogP contribution >= 0.6 is 0 Å². The lowest BCUT2D eigenvalue weighted by molar-refractivity contribution is -0.146. The van der Waals surface area contributed by atoms with Gasteiger partial charge in [-0.25, -0.2) is 14.4 Å². The van der Waals surface area contributed by atoms with E-state index in [1.165, 1.54) is 24.5 Å². The van der Waals surface area contributed by atoms with Gasteiger partial charge >= 0.3 is 5.97 Å². The maximum Gasteiger partial charge on any atom is 0.309 e. The Morgan fingerprint density at radius 2 is 1.86 bits per heavy atom. The molecule has 2 aromatic rings. The van der Waals surface area contributed by atoms with Crippen molar-refractivity contribution in [3.05, 3.63) is 77.4 Å². The molecule has 1 aromatic heterocycles. The highest BCUT2D eigenvalue weighted by atomic mass is 19.1. The third-order valence-electron chi connectivity index (χ3n) is 5.76. The fourth-order valence-electron chi connectivity index (χ4n) is 3.67. The summed E-state index contributed by atoms with van der Waals surface area (Å²) in [6.07, 6.45) is 2.24. The number of nitrogens with zero attached hydrogens (tertiary/aromatic N) is 2. The zero-order valence-electron chi connectivity index (χ0n) is 20.6. The Kier molecular flexibility index (Phi) is 7.85. The summed E-state index contributed by atoms with van der Waals surface area (Å²) < 4.78 is 19.1. The van der Waals surface area contributed by atoms with Gasteiger partial charge in [0.2, 0.25) is 0 Å². The molecule has 0 fully saturated rings. The molecule has 1 unspecified atom stereocenters. The molecule has 0 aliphatic carbocycles. The monoisotopic (exact) mass is 482 g/mol. The minimum atomic E-state index is -1.40. The lowest BCUT2D eigenvalue weighted by Crippen LogP contribution is -2.30. The molecular weight excluding hydrogens is 451 g/mol. The number of aromatic nitrogens is 2. The van der Waals surface area contributed by atoms with Gasteiger partial charge in [0.15, 0.2) is 5.82 Å². The minimum absolute atomic E-state index is 0.0152. The number of halogens is 1. The van der Waals surface area contributed by atoms with Gasteiger partial charge in [-0.15, -0.1) is 0 Å². The number of rotatable bonds is 10. The normalized spacial score (nSPS) is 13.6. The number of carbonyl (C=O) groups excluding carboxylic acids is 1. The zero-order valence-corrected chi connectivity index (χ0v) is 20.6. The molecule has 0 bridgehead atoms. The van der Waals surface area contributed by atoms with Gasteiger partial charge in [0, 0.05) is 28.1 Å². The molecule has 0 spiro atoms. The Hall–Kier alpha value is -4.01. The van der Waals surface area contributed by atoms with Crippen LogP contribution in [-0.4, -0.2) is 27.3 Å². The molecule has 0 saturated carbocycles. The summed E-state index contributed by atoms with van der Waals surface area (Å²) in [5.74, 6) is -1.17. The van der Waals surface area contributed by atoms with Crippen molar-refractivity contribution < 1.29 is 23.8 Å². The average Bonchev–Trinajstić information content (AvgIpc) is 2.75. The second-order valence-corrected chi connectivity index (χ2v) is 9.29. The molecule has 1 atom stereocenters. The predicted molar refractivity (Wildman–Crippen MR) is 134 cm³/mol. The van der Waals surface area contributed by atoms with Gasteiger partial charge in [-0.3, -0.25) is 4.79 Å². The first-order valence-electron chi connectivity index (χ1n) is 10.7. The Morgan fingerprint density at radius 3 is 2.37 bits per heavy atom. The highest BCUT2D eigenvalue weighted by molar-refractivity contribution is 5.83. The molecule has 1 heterocycles. The summed E-state index contributed by atoms with van der Waals surface area (Å²) in [5, 5.41) is 9.32. The largest absolute Gasteiger partial charge is 0.481 e. The van der Waals surface area contributed by atoms with E-state index in [4.69, 9.17) is 16.2 Å². The number of carboxylic acids is 1. The number of ether oxygens (including phenoxy) is 1. The van der Waals surface area contributed by atoms with E-state index in [1.54, 1.807) is 34.6 Å². The minimum Gasteiger partial charge on any atom is -0.481 e. The SMILES string of the molecule is C=C(c1nc(C)c(C(C)(C=O)C(=C)O/C=C(\C)CC(C)(C)C(=O)O)c(N)n1)c1ccc(F)cc1N. The first kappa shape index (κ1) is 27.2. The number of aldehydes is 1. The van der Waals surface area contributed by atoms with Crippen molar-refractivity contribution >= 4 is 29.3 Å². The predicted octanol–water partition coefficient (Wildman–Crippen LogP) is 4.54. The number of benzene rings is 1. The van der Waals surface area contributed by atoms with Crippen LogP contribution in [0, 0.1) is 18.2 Å². The number of aliphatic carboxylic acids is 1. The van der Waals surface area contributed by atoms with Crippen LogP contribution in [-0.2, 0) is 19.7 Å². The van der Waals surface area contributed by atoms with E-state index in [0.717, 1.165) is 0 Å². The van der Waals surface area contributed by atoms with Gasteiger partial charge in [0.1, 0.15) is 29.1 Å². The third kappa shape index (κ3) is 5.74. The van der Waals surface area contributed by atoms with Crippen molar-refractivity contribution in [2.75, 3.05) is 11.5 Å². The average molecular weight is 483 g/mol. The van der Waals surface area contributed by atoms with E-state index in [2.05, 4.69) is 23.1 Å². The summed E-state index contributed by atoms with van der Waals surface area (Å²) in [5.41, 5.74) is 12.1. The van der Waals surface area contributed by atoms with Crippen LogP contribution in [0.1, 0.15) is 56.8 Å². The number of anilines is 2. The molecule has 35 heavy (non-hydrogen) atoms. The quantitative estimate of drug-likeness (QED) is 0.255. The van der Waals surface area contributed by atoms with E-state index < -0.39 is 22.6 Å². The standard InChI is InChI=1S/C26H31FN4O4/c1-14(11-25(5,6)24(33)34)12-35-17(4)26(7,13-32)21-16(3)30-23(31-22(21)29)15(2)19-9-8-18(27)10-20(19)28/h8-10,12-13H,2,4,11,28H2,1,3,5-7H3,(H,33,34)(H2,29,30,31)/b14-12+. The number of hydrogen-bond donors (Lipinski definition) is 3. The third-order valence-corrected chi connectivity index (χ3v) is 5.76. The van der Waals surface area contributed by atoms with E-state index in [0.29, 0.717) is 34.3 Å². The van der Waals surface area contributed by atoms with Gasteiger partial charge < -0.3 is 26.1 Å². The number of hydrogen-bond acceptors (Lipinski definition) is 7. The second kappa shape index (κ2) is 10.1. The molecule has 8 nitrogen and oxygen atoms in total. The first-order valence-corrected chi connectivity index (χ1v) is 10.7. The molecular formula is C26H31FN4O4. The summed E-state index contributed by atoms with van der Waals surface area (Å²) in [7, 11) is 0.